The Hall–Kier alpha value is -2.38. The number of nitrogens with zero attached hydrogens (tertiary/aromatic N) is 4. The summed E-state index contributed by atoms with van der Waals surface area (Å²) in [6, 6.07) is 0.0497. The molecule has 2 aromatic heterocycles. The number of aromatic nitrogens is 4. The number of amides is 1. The first-order valence-electron chi connectivity index (χ1n) is 8.41. The van der Waals surface area contributed by atoms with Gasteiger partial charge in [-0.05, 0) is 25.2 Å². The second kappa shape index (κ2) is 6.85. The first kappa shape index (κ1) is 19.0. The number of nitrogens with one attached hydrogen (secondary N) is 1. The highest BCUT2D eigenvalue weighted by Crippen LogP contribution is 2.21. The van der Waals surface area contributed by atoms with Crippen molar-refractivity contribution < 1.29 is 4.79 Å². The Kier molecular flexibility index (Phi) is 5.20. The van der Waals surface area contributed by atoms with Crippen LogP contribution in [0.1, 0.15) is 40.5 Å². The van der Waals surface area contributed by atoms with Crippen LogP contribution in [-0.2, 0) is 25.4 Å². The fraction of sp³-hybridized carbons (Fsp3) is 0.647. The van der Waals surface area contributed by atoms with Gasteiger partial charge in [-0.1, -0.05) is 20.8 Å². The van der Waals surface area contributed by atoms with Gasteiger partial charge in [0.1, 0.15) is 6.54 Å². The Balaban J connectivity index is 2.17. The van der Waals surface area contributed by atoms with E-state index in [9.17, 15) is 14.4 Å². The number of rotatable bonds is 5. The van der Waals surface area contributed by atoms with Crippen LogP contribution in [0.15, 0.2) is 15.9 Å². The highest BCUT2D eigenvalue weighted by Gasteiger charge is 2.17. The van der Waals surface area contributed by atoms with Gasteiger partial charge in [0, 0.05) is 20.1 Å². The van der Waals surface area contributed by atoms with E-state index in [1.165, 1.54) is 22.5 Å². The first-order valence-corrected chi connectivity index (χ1v) is 8.41. The second-order valence-corrected chi connectivity index (χ2v) is 7.82. The molecule has 138 valence electrons. The number of hydrogen-bond acceptors (Lipinski definition) is 4. The Morgan fingerprint density at radius 2 is 1.88 bits per heavy atom. The van der Waals surface area contributed by atoms with E-state index < -0.39 is 11.2 Å². The molecule has 0 bridgehead atoms. The Labute approximate surface area is 146 Å². The average Bonchev–Trinajstić information content (AvgIpc) is 2.91. The summed E-state index contributed by atoms with van der Waals surface area (Å²) in [6.45, 7) is 8.46. The predicted molar refractivity (Wildman–Crippen MR) is 96.5 cm³/mol. The summed E-state index contributed by atoms with van der Waals surface area (Å²) in [5, 5.41) is 2.95. The molecule has 2 heterocycles. The maximum atomic E-state index is 12.4. The largest absolute Gasteiger partial charge is 0.352 e. The van der Waals surface area contributed by atoms with Crippen LogP contribution in [0.5, 0.6) is 0 Å². The van der Waals surface area contributed by atoms with E-state index in [1.807, 2.05) is 6.92 Å². The van der Waals surface area contributed by atoms with Crippen molar-refractivity contribution in [1.29, 1.82) is 0 Å². The molecule has 25 heavy (non-hydrogen) atoms. The smallest absolute Gasteiger partial charge is 0.332 e. The molecule has 1 unspecified atom stereocenters. The first-order chi connectivity index (χ1) is 11.5. The summed E-state index contributed by atoms with van der Waals surface area (Å²) < 4.78 is 3.81. The number of aryl methyl sites for hydroxylation is 1. The van der Waals surface area contributed by atoms with Crippen LogP contribution < -0.4 is 16.6 Å². The second-order valence-electron chi connectivity index (χ2n) is 7.82. The number of carbonyl (C=O) groups is 1. The van der Waals surface area contributed by atoms with Gasteiger partial charge in [-0.15, -0.1) is 0 Å². The van der Waals surface area contributed by atoms with Crippen LogP contribution in [0.3, 0.4) is 0 Å². The standard InChI is InChI=1S/C17H27N5O3/c1-11(7-8-17(2,3)4)19-12(23)9-22-10-18-14-13(22)15(24)21(6)16(25)20(14)5/h10-11H,7-9H2,1-6H3,(H,19,23). The summed E-state index contributed by atoms with van der Waals surface area (Å²) in [5.74, 6) is -0.184. The van der Waals surface area contributed by atoms with Gasteiger partial charge in [-0.3, -0.25) is 18.7 Å². The number of imidazole rings is 1. The zero-order chi connectivity index (χ0) is 18.9. The van der Waals surface area contributed by atoms with E-state index in [0.29, 0.717) is 0 Å². The van der Waals surface area contributed by atoms with Crippen molar-refractivity contribution in [3.63, 3.8) is 0 Å². The third kappa shape index (κ3) is 4.18. The van der Waals surface area contributed by atoms with Crippen LogP contribution in [-0.4, -0.2) is 30.6 Å². The van der Waals surface area contributed by atoms with Gasteiger partial charge in [0.2, 0.25) is 5.91 Å². The molecule has 0 radical (unpaired) electrons. The van der Waals surface area contributed by atoms with Crippen molar-refractivity contribution in [2.75, 3.05) is 0 Å². The topological polar surface area (TPSA) is 90.9 Å². The highest BCUT2D eigenvalue weighted by molar-refractivity contribution is 5.79. The maximum absolute atomic E-state index is 12.4. The highest BCUT2D eigenvalue weighted by atomic mass is 16.2. The lowest BCUT2D eigenvalue weighted by molar-refractivity contribution is -0.122. The van der Waals surface area contributed by atoms with E-state index in [-0.39, 0.29) is 35.1 Å². The van der Waals surface area contributed by atoms with Crippen molar-refractivity contribution >= 4 is 17.1 Å². The van der Waals surface area contributed by atoms with Crippen molar-refractivity contribution in [2.45, 2.75) is 53.1 Å². The molecular formula is C17H27N5O3. The molecule has 0 fully saturated rings. The normalized spacial score (nSPS) is 13.2. The van der Waals surface area contributed by atoms with Crippen molar-refractivity contribution in [1.82, 2.24) is 24.0 Å². The Bertz CT molecular complexity index is 898. The molecule has 0 aliphatic rings. The van der Waals surface area contributed by atoms with Crippen molar-refractivity contribution in [3.05, 3.63) is 27.2 Å². The molecule has 2 rings (SSSR count). The molecule has 0 aliphatic carbocycles. The van der Waals surface area contributed by atoms with E-state index in [0.717, 1.165) is 17.4 Å². The number of hydrogen-bond donors (Lipinski definition) is 1. The average molecular weight is 349 g/mol. The Morgan fingerprint density at radius 3 is 2.48 bits per heavy atom. The number of carbonyl (C=O) groups excluding carboxylic acids is 1. The van der Waals surface area contributed by atoms with Crippen LogP contribution >= 0.6 is 0 Å². The molecule has 2 aromatic rings. The molecular weight excluding hydrogens is 322 g/mol. The van der Waals surface area contributed by atoms with E-state index in [1.54, 1.807) is 7.05 Å². The van der Waals surface area contributed by atoms with E-state index in [4.69, 9.17) is 0 Å². The zero-order valence-electron chi connectivity index (χ0n) is 15.8. The molecule has 0 spiro atoms. The van der Waals surface area contributed by atoms with Gasteiger partial charge < -0.3 is 9.88 Å². The van der Waals surface area contributed by atoms with Gasteiger partial charge in [0.15, 0.2) is 11.2 Å². The van der Waals surface area contributed by atoms with Crippen LogP contribution in [0, 0.1) is 5.41 Å². The van der Waals surface area contributed by atoms with Crippen molar-refractivity contribution in [3.8, 4) is 0 Å². The lowest BCUT2D eigenvalue weighted by atomic mass is 9.89. The van der Waals surface area contributed by atoms with Crippen LogP contribution in [0.25, 0.3) is 11.2 Å². The summed E-state index contributed by atoms with van der Waals surface area (Å²) in [6.07, 6.45) is 3.31. The minimum absolute atomic E-state index is 0.0101. The van der Waals surface area contributed by atoms with Crippen LogP contribution in [0.2, 0.25) is 0 Å². The van der Waals surface area contributed by atoms with Gasteiger partial charge in [0.05, 0.1) is 6.33 Å². The SMILES string of the molecule is CC(CCC(C)(C)C)NC(=O)Cn1cnc2c1c(=O)n(C)c(=O)n2C. The molecule has 0 aliphatic heterocycles. The fourth-order valence-corrected chi connectivity index (χ4v) is 2.71. The van der Waals surface area contributed by atoms with Gasteiger partial charge in [-0.25, -0.2) is 9.78 Å². The molecule has 1 N–H and O–H groups in total. The van der Waals surface area contributed by atoms with Crippen LogP contribution in [0.4, 0.5) is 0 Å². The summed E-state index contributed by atoms with van der Waals surface area (Å²) >= 11 is 0. The molecule has 0 saturated carbocycles. The molecule has 8 heteroatoms. The van der Waals surface area contributed by atoms with E-state index >= 15 is 0 Å². The summed E-state index contributed by atoms with van der Waals surface area (Å²) in [7, 11) is 2.96. The third-order valence-corrected chi connectivity index (χ3v) is 4.27. The molecule has 1 amide bonds. The molecule has 0 saturated heterocycles. The van der Waals surface area contributed by atoms with Gasteiger partial charge >= 0.3 is 5.69 Å². The molecule has 0 aromatic carbocycles. The minimum Gasteiger partial charge on any atom is -0.352 e. The van der Waals surface area contributed by atoms with Gasteiger partial charge in [-0.2, -0.15) is 0 Å². The third-order valence-electron chi connectivity index (χ3n) is 4.27. The monoisotopic (exact) mass is 349 g/mol. The quantitative estimate of drug-likeness (QED) is 0.863. The summed E-state index contributed by atoms with van der Waals surface area (Å²) in [5.41, 5.74) is -0.146. The van der Waals surface area contributed by atoms with Gasteiger partial charge in [0.25, 0.3) is 5.56 Å². The Morgan fingerprint density at radius 1 is 1.24 bits per heavy atom. The minimum atomic E-state index is -0.454. The predicted octanol–water partition coefficient (Wildman–Crippen LogP) is 0.765. The molecule has 1 atom stereocenters. The lowest BCUT2D eigenvalue weighted by Crippen LogP contribution is -2.39. The van der Waals surface area contributed by atoms with E-state index in [2.05, 4.69) is 31.1 Å². The fourth-order valence-electron chi connectivity index (χ4n) is 2.71. The zero-order valence-corrected chi connectivity index (χ0v) is 15.8. The van der Waals surface area contributed by atoms with Crippen molar-refractivity contribution in [2.24, 2.45) is 19.5 Å². The maximum Gasteiger partial charge on any atom is 0.332 e. The molecule has 8 nitrogen and oxygen atoms in total. The summed E-state index contributed by atoms with van der Waals surface area (Å²) in [4.78, 5) is 40.7. The lowest BCUT2D eigenvalue weighted by Gasteiger charge is -2.21. The number of fused-ring (bicyclic) bond motifs is 1.